The molecule has 0 heterocycles. The van der Waals surface area contributed by atoms with E-state index in [9.17, 15) is 4.79 Å². The number of halogens is 1. The van der Waals surface area contributed by atoms with E-state index in [0.717, 1.165) is 34.2 Å². The van der Waals surface area contributed by atoms with Crippen molar-refractivity contribution in [1.82, 2.24) is 0 Å². The summed E-state index contributed by atoms with van der Waals surface area (Å²) in [5.74, 6) is -0.0556. The van der Waals surface area contributed by atoms with Crippen LogP contribution in [0.15, 0.2) is 42.5 Å². The molecule has 22 heavy (non-hydrogen) atoms. The first-order chi connectivity index (χ1) is 10.6. The minimum atomic E-state index is -0.680. The largest absolute Gasteiger partial charge is 0.481 e. The average molecular weight is 315 g/mol. The van der Waals surface area contributed by atoms with Crippen molar-refractivity contribution < 1.29 is 9.90 Å². The number of carbonyl (C=O) groups is 1. The zero-order chi connectivity index (χ0) is 15.7. The third-order valence-electron chi connectivity index (χ3n) is 4.65. The molecule has 0 saturated heterocycles. The van der Waals surface area contributed by atoms with E-state index in [1.807, 2.05) is 37.3 Å². The Morgan fingerprint density at radius 2 is 2.05 bits per heavy atom. The number of allylic oxidation sites excluding steroid dienone is 1. The van der Waals surface area contributed by atoms with Crippen LogP contribution in [0.5, 0.6) is 0 Å². The molecule has 3 atom stereocenters. The molecular weight excluding hydrogens is 296 g/mol. The number of hydrogen-bond acceptors (Lipinski definition) is 1. The summed E-state index contributed by atoms with van der Waals surface area (Å²) in [4.78, 5) is 11.0. The van der Waals surface area contributed by atoms with Crippen LogP contribution >= 0.6 is 11.6 Å². The first-order valence-electron chi connectivity index (χ1n) is 7.64. The van der Waals surface area contributed by atoms with Gasteiger partial charge < -0.3 is 5.11 Å². The normalized spacial score (nSPS) is 22.1. The van der Waals surface area contributed by atoms with Crippen molar-refractivity contribution in [2.24, 2.45) is 17.8 Å². The number of rotatable bonds is 5. The quantitative estimate of drug-likeness (QED) is 0.818. The lowest BCUT2D eigenvalue weighted by Crippen LogP contribution is -2.12. The van der Waals surface area contributed by atoms with Gasteiger partial charge in [-0.05, 0) is 41.7 Å². The molecule has 0 aliphatic heterocycles. The molecule has 2 aromatic rings. The topological polar surface area (TPSA) is 37.3 Å². The maximum Gasteiger partial charge on any atom is 0.306 e. The Hall–Kier alpha value is -1.80. The van der Waals surface area contributed by atoms with Gasteiger partial charge in [0.2, 0.25) is 0 Å². The lowest BCUT2D eigenvalue weighted by atomic mass is 10.0. The second-order valence-corrected chi connectivity index (χ2v) is 6.51. The molecule has 1 aliphatic rings. The summed E-state index contributed by atoms with van der Waals surface area (Å²) < 4.78 is 0. The fourth-order valence-corrected chi connectivity index (χ4v) is 3.37. The molecule has 0 spiro atoms. The van der Waals surface area contributed by atoms with E-state index in [-0.39, 0.29) is 5.92 Å². The second-order valence-electron chi connectivity index (χ2n) is 6.11. The molecular formula is C19H19ClO2. The molecule has 0 bridgehead atoms. The lowest BCUT2D eigenvalue weighted by Gasteiger charge is -2.05. The van der Waals surface area contributed by atoms with E-state index in [1.165, 1.54) is 0 Å². The molecule has 0 aromatic heterocycles. The van der Waals surface area contributed by atoms with Crippen LogP contribution in [0.4, 0.5) is 0 Å². The third kappa shape index (κ3) is 3.02. The fourth-order valence-electron chi connectivity index (χ4n) is 3.14. The molecule has 1 aliphatic carbocycles. The number of hydrogen-bond donors (Lipinski definition) is 1. The second kappa shape index (κ2) is 6.13. The Balaban J connectivity index is 1.70. The Bertz CT molecular complexity index is 735. The van der Waals surface area contributed by atoms with E-state index >= 15 is 0 Å². The van der Waals surface area contributed by atoms with Gasteiger partial charge in [-0.2, -0.15) is 0 Å². The minimum absolute atomic E-state index is 0.227. The third-order valence-corrected chi connectivity index (χ3v) is 4.98. The Morgan fingerprint density at radius 1 is 1.32 bits per heavy atom. The predicted octanol–water partition coefficient (Wildman–Crippen LogP) is 5.25. The monoisotopic (exact) mass is 314 g/mol. The summed E-state index contributed by atoms with van der Waals surface area (Å²) >= 11 is 6.23. The van der Waals surface area contributed by atoms with Crippen molar-refractivity contribution in [3.63, 3.8) is 0 Å². The van der Waals surface area contributed by atoms with Crippen molar-refractivity contribution in [3.8, 4) is 0 Å². The number of fused-ring (bicyclic) bond motifs is 1. The van der Waals surface area contributed by atoms with E-state index in [2.05, 4.69) is 18.2 Å². The molecule has 1 saturated carbocycles. The van der Waals surface area contributed by atoms with Crippen molar-refractivity contribution in [1.29, 1.82) is 0 Å². The van der Waals surface area contributed by atoms with E-state index in [0.29, 0.717) is 11.8 Å². The average Bonchev–Trinajstić information content (AvgIpc) is 3.28. The molecule has 3 unspecified atom stereocenters. The highest BCUT2D eigenvalue weighted by Crippen LogP contribution is 2.47. The van der Waals surface area contributed by atoms with Gasteiger partial charge in [-0.25, -0.2) is 0 Å². The summed E-state index contributed by atoms with van der Waals surface area (Å²) in [6.07, 6.45) is 6.26. The predicted molar refractivity (Wildman–Crippen MR) is 91.0 cm³/mol. The Labute approximate surface area is 135 Å². The Morgan fingerprint density at radius 3 is 2.77 bits per heavy atom. The highest BCUT2D eigenvalue weighted by molar-refractivity contribution is 6.35. The molecule has 2 aromatic carbocycles. The first kappa shape index (κ1) is 15.1. The highest BCUT2D eigenvalue weighted by Gasteiger charge is 2.42. The van der Waals surface area contributed by atoms with Crippen LogP contribution in [-0.4, -0.2) is 11.1 Å². The van der Waals surface area contributed by atoms with Crippen molar-refractivity contribution in [2.75, 3.05) is 0 Å². The van der Waals surface area contributed by atoms with Crippen LogP contribution in [-0.2, 0) is 4.79 Å². The van der Waals surface area contributed by atoms with Gasteiger partial charge in [0.25, 0.3) is 0 Å². The number of carboxylic acids is 1. The van der Waals surface area contributed by atoms with Crippen LogP contribution < -0.4 is 0 Å². The molecule has 1 fully saturated rings. The van der Waals surface area contributed by atoms with Crippen molar-refractivity contribution >= 4 is 34.4 Å². The molecule has 0 amide bonds. The number of benzene rings is 2. The molecule has 2 nitrogen and oxygen atoms in total. The molecule has 1 N–H and O–H groups in total. The van der Waals surface area contributed by atoms with Crippen LogP contribution in [0.1, 0.15) is 25.3 Å². The summed E-state index contributed by atoms with van der Waals surface area (Å²) in [5, 5.41) is 12.0. The lowest BCUT2D eigenvalue weighted by molar-refractivity contribution is -0.141. The fraction of sp³-hybridized carbons (Fsp3) is 0.316. The van der Waals surface area contributed by atoms with Gasteiger partial charge in [-0.3, -0.25) is 4.79 Å². The van der Waals surface area contributed by atoms with Gasteiger partial charge in [0.05, 0.1) is 5.92 Å². The summed E-state index contributed by atoms with van der Waals surface area (Å²) in [7, 11) is 0. The SMILES string of the molecule is CC(C(=O)O)C1CC1CC=Cc1ccc(Cl)c2ccccc12. The number of aliphatic carboxylic acids is 1. The van der Waals surface area contributed by atoms with E-state index in [1.54, 1.807) is 0 Å². The summed E-state index contributed by atoms with van der Waals surface area (Å²) in [5.41, 5.74) is 1.16. The molecule has 3 heteroatoms. The van der Waals surface area contributed by atoms with Crippen LogP contribution in [0, 0.1) is 17.8 Å². The molecule has 114 valence electrons. The highest BCUT2D eigenvalue weighted by atomic mass is 35.5. The zero-order valence-electron chi connectivity index (χ0n) is 12.5. The maximum atomic E-state index is 11.0. The zero-order valence-corrected chi connectivity index (χ0v) is 13.3. The number of carboxylic acid groups (broad SMARTS) is 1. The van der Waals surface area contributed by atoms with Gasteiger partial charge in [-0.15, -0.1) is 0 Å². The summed E-state index contributed by atoms with van der Waals surface area (Å²) in [6.45, 7) is 1.81. The van der Waals surface area contributed by atoms with Crippen LogP contribution in [0.2, 0.25) is 5.02 Å². The maximum absolute atomic E-state index is 11.0. The van der Waals surface area contributed by atoms with Crippen molar-refractivity contribution in [3.05, 3.63) is 53.1 Å². The van der Waals surface area contributed by atoms with Gasteiger partial charge >= 0.3 is 5.97 Å². The smallest absolute Gasteiger partial charge is 0.306 e. The van der Waals surface area contributed by atoms with Gasteiger partial charge in [-0.1, -0.05) is 61.0 Å². The van der Waals surface area contributed by atoms with E-state index in [4.69, 9.17) is 16.7 Å². The standard InChI is InChI=1S/C19H19ClO2/c1-12(19(21)22)17-11-14(17)6-4-5-13-9-10-18(20)16-8-3-2-7-15(13)16/h2-5,7-10,12,14,17H,6,11H2,1H3,(H,21,22). The van der Waals surface area contributed by atoms with E-state index < -0.39 is 5.97 Å². The van der Waals surface area contributed by atoms with Crippen molar-refractivity contribution in [2.45, 2.75) is 19.8 Å². The molecule has 3 rings (SSSR count). The minimum Gasteiger partial charge on any atom is -0.481 e. The molecule has 0 radical (unpaired) electrons. The Kier molecular flexibility index (Phi) is 4.21. The van der Waals surface area contributed by atoms with Crippen LogP contribution in [0.25, 0.3) is 16.8 Å². The van der Waals surface area contributed by atoms with Gasteiger partial charge in [0.15, 0.2) is 0 Å². The van der Waals surface area contributed by atoms with Gasteiger partial charge in [0, 0.05) is 10.4 Å². The summed E-state index contributed by atoms with van der Waals surface area (Å²) in [6, 6.07) is 12.1. The first-order valence-corrected chi connectivity index (χ1v) is 8.02. The van der Waals surface area contributed by atoms with Gasteiger partial charge in [0.1, 0.15) is 0 Å². The van der Waals surface area contributed by atoms with Crippen LogP contribution in [0.3, 0.4) is 0 Å².